The lowest BCUT2D eigenvalue weighted by atomic mass is 10.2. The van der Waals surface area contributed by atoms with Crippen molar-refractivity contribution >= 4 is 27.5 Å². The molecule has 1 fully saturated rings. The van der Waals surface area contributed by atoms with Crippen molar-refractivity contribution in [2.75, 3.05) is 48.2 Å². The van der Waals surface area contributed by atoms with E-state index in [-0.39, 0.29) is 24.2 Å². The first-order chi connectivity index (χ1) is 15.0. The summed E-state index contributed by atoms with van der Waals surface area (Å²) in [6.07, 6.45) is 3.12. The number of fused-ring (bicyclic) bond motifs is 1. The summed E-state index contributed by atoms with van der Waals surface area (Å²) in [5, 5.41) is 6.39. The fourth-order valence-corrected chi connectivity index (χ4v) is 5.50. The average Bonchev–Trinajstić information content (AvgIpc) is 3.40. The number of guanidine groups is 1. The summed E-state index contributed by atoms with van der Waals surface area (Å²) in [4.78, 5) is 10.2. The molecule has 0 saturated carbocycles. The number of anilines is 2. The first-order valence-electron chi connectivity index (χ1n) is 10.4. The van der Waals surface area contributed by atoms with Crippen LogP contribution in [0.25, 0.3) is 0 Å². The van der Waals surface area contributed by atoms with Gasteiger partial charge in [-0.15, -0.1) is 0 Å². The Balaban J connectivity index is 1.28. The molecule has 0 bridgehead atoms. The molecule has 31 heavy (non-hydrogen) atoms. The van der Waals surface area contributed by atoms with Crippen LogP contribution in [-0.2, 0) is 16.4 Å². The summed E-state index contributed by atoms with van der Waals surface area (Å²) in [5.41, 5.74) is 1.84. The molecule has 3 heterocycles. The first kappa shape index (κ1) is 21.4. The van der Waals surface area contributed by atoms with Crippen LogP contribution >= 0.6 is 0 Å². The number of aliphatic imine (C=N–C) groups is 1. The maximum Gasteiger partial charge on any atom is 0.236 e. The number of benzene rings is 1. The highest BCUT2D eigenvalue weighted by Gasteiger charge is 2.29. The number of halogens is 1. The van der Waals surface area contributed by atoms with Crippen LogP contribution in [0.4, 0.5) is 15.9 Å². The van der Waals surface area contributed by atoms with Gasteiger partial charge >= 0.3 is 0 Å². The average molecular weight is 447 g/mol. The topological polar surface area (TPSA) is 89.9 Å². The SMILES string of the molecule is CN=C(NCCS(=O)(=O)N1CCc2ccccc21)NC1CCN(c2ncccc2F)C1. The van der Waals surface area contributed by atoms with Crippen molar-refractivity contribution in [2.24, 2.45) is 4.99 Å². The summed E-state index contributed by atoms with van der Waals surface area (Å²) in [7, 11) is -1.78. The molecule has 10 heteroatoms. The summed E-state index contributed by atoms with van der Waals surface area (Å²) in [5.74, 6) is 0.522. The van der Waals surface area contributed by atoms with Crippen molar-refractivity contribution in [1.82, 2.24) is 15.6 Å². The zero-order valence-electron chi connectivity index (χ0n) is 17.5. The van der Waals surface area contributed by atoms with Gasteiger partial charge in [0.25, 0.3) is 0 Å². The Bertz CT molecular complexity index is 1060. The second-order valence-electron chi connectivity index (χ2n) is 7.65. The summed E-state index contributed by atoms with van der Waals surface area (Å²) in [6, 6.07) is 10.7. The number of hydrogen-bond acceptors (Lipinski definition) is 5. The van der Waals surface area contributed by atoms with Gasteiger partial charge in [0.05, 0.1) is 11.4 Å². The predicted octanol–water partition coefficient (Wildman–Crippen LogP) is 1.36. The highest BCUT2D eigenvalue weighted by molar-refractivity contribution is 7.92. The van der Waals surface area contributed by atoms with Gasteiger partial charge in [0.2, 0.25) is 10.0 Å². The van der Waals surface area contributed by atoms with E-state index < -0.39 is 10.0 Å². The lowest BCUT2D eigenvalue weighted by Crippen LogP contribution is -2.46. The van der Waals surface area contributed by atoms with Gasteiger partial charge in [-0.2, -0.15) is 0 Å². The molecule has 2 aliphatic heterocycles. The molecule has 1 aromatic carbocycles. The van der Waals surface area contributed by atoms with Gasteiger partial charge < -0.3 is 15.5 Å². The summed E-state index contributed by atoms with van der Waals surface area (Å²) >= 11 is 0. The van der Waals surface area contributed by atoms with Crippen LogP contribution in [0.1, 0.15) is 12.0 Å². The van der Waals surface area contributed by atoms with E-state index in [1.54, 1.807) is 19.3 Å². The molecular formula is C21H27FN6O2S. The number of para-hydroxylation sites is 1. The van der Waals surface area contributed by atoms with E-state index in [0.717, 1.165) is 24.1 Å². The summed E-state index contributed by atoms with van der Waals surface area (Å²) in [6.45, 7) is 2.01. The smallest absolute Gasteiger partial charge is 0.236 e. The van der Waals surface area contributed by atoms with E-state index in [1.807, 2.05) is 29.2 Å². The van der Waals surface area contributed by atoms with Gasteiger partial charge in [-0.25, -0.2) is 17.8 Å². The van der Waals surface area contributed by atoms with E-state index in [9.17, 15) is 12.8 Å². The fourth-order valence-electron chi connectivity index (χ4n) is 4.07. The van der Waals surface area contributed by atoms with Crippen molar-refractivity contribution in [3.63, 3.8) is 0 Å². The molecule has 166 valence electrons. The van der Waals surface area contributed by atoms with Crippen molar-refractivity contribution in [3.8, 4) is 0 Å². The molecule has 2 aliphatic rings. The molecule has 0 spiro atoms. The number of hydrogen-bond donors (Lipinski definition) is 2. The predicted molar refractivity (Wildman–Crippen MR) is 121 cm³/mol. The molecule has 2 aromatic rings. The number of rotatable bonds is 6. The minimum atomic E-state index is -3.42. The van der Waals surface area contributed by atoms with Crippen LogP contribution in [0.3, 0.4) is 0 Å². The van der Waals surface area contributed by atoms with Crippen LogP contribution in [0, 0.1) is 5.82 Å². The molecule has 0 amide bonds. The zero-order valence-corrected chi connectivity index (χ0v) is 18.3. The number of sulfonamides is 1. The number of pyridine rings is 1. The number of nitrogens with one attached hydrogen (secondary N) is 2. The van der Waals surface area contributed by atoms with E-state index in [1.165, 1.54) is 10.4 Å². The maximum absolute atomic E-state index is 14.0. The van der Waals surface area contributed by atoms with Gasteiger partial charge in [-0.3, -0.25) is 9.30 Å². The number of nitrogens with zero attached hydrogens (tertiary/aromatic N) is 4. The molecule has 0 radical (unpaired) electrons. The Morgan fingerprint density at radius 1 is 1.26 bits per heavy atom. The molecular weight excluding hydrogens is 419 g/mol. The quantitative estimate of drug-likeness (QED) is 0.515. The highest BCUT2D eigenvalue weighted by Crippen LogP contribution is 2.29. The molecule has 0 aliphatic carbocycles. The van der Waals surface area contributed by atoms with Gasteiger partial charge in [-0.05, 0) is 36.6 Å². The highest BCUT2D eigenvalue weighted by atomic mass is 32.2. The lowest BCUT2D eigenvalue weighted by Gasteiger charge is -2.21. The van der Waals surface area contributed by atoms with Crippen LogP contribution in [-0.4, -0.2) is 64.4 Å². The molecule has 8 nitrogen and oxygen atoms in total. The fraction of sp³-hybridized carbons (Fsp3) is 0.429. The van der Waals surface area contributed by atoms with E-state index in [2.05, 4.69) is 20.6 Å². The molecule has 1 atom stereocenters. The Kier molecular flexibility index (Phi) is 6.26. The van der Waals surface area contributed by atoms with Crippen molar-refractivity contribution in [2.45, 2.75) is 18.9 Å². The third kappa shape index (κ3) is 4.73. The normalized spacial score (nSPS) is 18.9. The second-order valence-corrected chi connectivity index (χ2v) is 9.66. The van der Waals surface area contributed by atoms with Gasteiger partial charge in [0.15, 0.2) is 17.6 Å². The zero-order chi connectivity index (χ0) is 21.8. The van der Waals surface area contributed by atoms with Gasteiger partial charge in [0, 0.05) is 45.5 Å². The minimum Gasteiger partial charge on any atom is -0.355 e. The van der Waals surface area contributed by atoms with Crippen molar-refractivity contribution in [3.05, 3.63) is 54.0 Å². The van der Waals surface area contributed by atoms with Crippen molar-refractivity contribution < 1.29 is 12.8 Å². The monoisotopic (exact) mass is 446 g/mol. The molecule has 1 aromatic heterocycles. The van der Waals surface area contributed by atoms with Crippen molar-refractivity contribution in [1.29, 1.82) is 0 Å². The third-order valence-corrected chi connectivity index (χ3v) is 7.39. The Hall–Kier alpha value is -2.88. The molecule has 1 saturated heterocycles. The van der Waals surface area contributed by atoms with Crippen LogP contribution in [0.5, 0.6) is 0 Å². The van der Waals surface area contributed by atoms with E-state index in [4.69, 9.17) is 0 Å². The Morgan fingerprint density at radius 2 is 2.10 bits per heavy atom. The number of aromatic nitrogens is 1. The minimum absolute atomic E-state index is 0.0298. The van der Waals surface area contributed by atoms with Gasteiger partial charge in [0.1, 0.15) is 0 Å². The second kappa shape index (κ2) is 9.09. The Morgan fingerprint density at radius 3 is 2.90 bits per heavy atom. The summed E-state index contributed by atoms with van der Waals surface area (Å²) < 4.78 is 41.1. The lowest BCUT2D eigenvalue weighted by molar-refractivity contribution is 0.590. The van der Waals surface area contributed by atoms with E-state index >= 15 is 0 Å². The van der Waals surface area contributed by atoms with Crippen LogP contribution in [0.2, 0.25) is 0 Å². The first-order valence-corrected chi connectivity index (χ1v) is 12.0. The van der Waals surface area contributed by atoms with Crippen LogP contribution in [0.15, 0.2) is 47.6 Å². The standard InChI is InChI=1S/C21H27FN6O2S/c1-23-21(26-17-9-12-27(15-17)20-18(22)6-4-10-24-20)25-11-14-31(29,30)28-13-8-16-5-2-3-7-19(16)28/h2-7,10,17H,8-9,11-15H2,1H3,(H2,23,25,26). The maximum atomic E-state index is 14.0. The van der Waals surface area contributed by atoms with Crippen LogP contribution < -0.4 is 19.8 Å². The molecule has 1 unspecified atom stereocenters. The van der Waals surface area contributed by atoms with Gasteiger partial charge in [-0.1, -0.05) is 18.2 Å². The third-order valence-electron chi connectivity index (χ3n) is 5.62. The van der Waals surface area contributed by atoms with E-state index in [0.29, 0.717) is 31.4 Å². The molecule has 2 N–H and O–H groups in total. The largest absolute Gasteiger partial charge is 0.355 e. The molecule has 4 rings (SSSR count). The Labute approximate surface area is 182 Å².